The molecule has 0 aliphatic rings. The minimum atomic E-state index is -0.692. The molecule has 70 valence electrons. The van der Waals surface area contributed by atoms with Gasteiger partial charge in [0.1, 0.15) is 0 Å². The van der Waals surface area contributed by atoms with E-state index in [-0.39, 0.29) is 5.56 Å². The van der Waals surface area contributed by atoms with Crippen molar-refractivity contribution in [3.63, 3.8) is 0 Å². The Balaban J connectivity index is 3.28. The molecule has 0 spiro atoms. The molecule has 0 saturated carbocycles. The Morgan fingerprint density at radius 1 is 1.54 bits per heavy atom. The minimum absolute atomic E-state index is 0.188. The number of carbonyl (C=O) groups excluding carboxylic acids is 1. The molecule has 0 aliphatic heterocycles. The molecule has 4 N–H and O–H groups in total. The number of nitrogen functional groups attached to an aromatic ring is 1. The lowest BCUT2D eigenvalue weighted by Gasteiger charge is -2.06. The van der Waals surface area contributed by atoms with Crippen LogP contribution in [-0.4, -0.2) is 5.97 Å². The first-order valence-electron chi connectivity index (χ1n) is 3.53. The van der Waals surface area contributed by atoms with E-state index < -0.39 is 5.97 Å². The van der Waals surface area contributed by atoms with Crippen LogP contribution in [0.3, 0.4) is 0 Å². The Morgan fingerprint density at radius 3 is 2.69 bits per heavy atom. The second-order valence-corrected chi connectivity index (χ2v) is 3.03. The van der Waals surface area contributed by atoms with Crippen LogP contribution in [-0.2, 0) is 4.84 Å². The zero-order valence-corrected chi connectivity index (χ0v) is 7.76. The number of nitrogens with two attached hydrogens (primary N) is 2. The summed E-state index contributed by atoms with van der Waals surface area (Å²) in [4.78, 5) is 15.1. The quantitative estimate of drug-likeness (QED) is 0.529. The fourth-order valence-electron chi connectivity index (χ4n) is 0.987. The van der Waals surface area contributed by atoms with Crippen LogP contribution in [0.4, 0.5) is 5.69 Å². The molecule has 0 heterocycles. The molecule has 0 saturated heterocycles. The van der Waals surface area contributed by atoms with Crippen molar-refractivity contribution in [1.29, 1.82) is 0 Å². The molecule has 0 atom stereocenters. The Kier molecular flexibility index (Phi) is 2.75. The van der Waals surface area contributed by atoms with Gasteiger partial charge in [-0.3, -0.25) is 0 Å². The van der Waals surface area contributed by atoms with Gasteiger partial charge in [0.2, 0.25) is 0 Å². The van der Waals surface area contributed by atoms with E-state index in [4.69, 9.17) is 23.2 Å². The monoisotopic (exact) mass is 200 g/mol. The fraction of sp³-hybridized carbons (Fsp3) is 0.125. The summed E-state index contributed by atoms with van der Waals surface area (Å²) in [5.74, 6) is 4.03. The molecule has 0 unspecified atom stereocenters. The highest BCUT2D eigenvalue weighted by Crippen LogP contribution is 2.22. The molecule has 13 heavy (non-hydrogen) atoms. The number of aryl methyl sites for hydroxylation is 1. The summed E-state index contributed by atoms with van der Waals surface area (Å²) in [5.41, 5.74) is 6.85. The Hall–Kier alpha value is -1.26. The van der Waals surface area contributed by atoms with Crippen LogP contribution in [0.15, 0.2) is 12.1 Å². The van der Waals surface area contributed by atoms with Gasteiger partial charge in [0.05, 0.1) is 5.56 Å². The Morgan fingerprint density at radius 2 is 2.15 bits per heavy atom. The van der Waals surface area contributed by atoms with E-state index in [1.54, 1.807) is 13.0 Å². The number of benzene rings is 1. The molecule has 4 nitrogen and oxygen atoms in total. The number of hydrogen-bond donors (Lipinski definition) is 2. The van der Waals surface area contributed by atoms with Crippen molar-refractivity contribution >= 4 is 23.3 Å². The standard InChI is InChI=1S/C8H9ClN2O2/c1-4-2-5(9)3-6(7(4)10)8(12)13-11/h2-3H,10-11H2,1H3. The van der Waals surface area contributed by atoms with Crippen molar-refractivity contribution < 1.29 is 9.63 Å². The molecular formula is C8H9ClN2O2. The molecule has 1 aromatic rings. The van der Waals surface area contributed by atoms with E-state index in [2.05, 4.69) is 4.84 Å². The number of carbonyl (C=O) groups is 1. The highest BCUT2D eigenvalue weighted by molar-refractivity contribution is 6.31. The lowest BCUT2D eigenvalue weighted by Crippen LogP contribution is -2.13. The van der Waals surface area contributed by atoms with Crippen LogP contribution in [0.2, 0.25) is 5.02 Å². The molecule has 0 amide bonds. The van der Waals surface area contributed by atoms with Crippen molar-refractivity contribution in [2.45, 2.75) is 6.92 Å². The van der Waals surface area contributed by atoms with E-state index in [9.17, 15) is 4.79 Å². The predicted octanol–water partition coefficient (Wildman–Crippen LogP) is 1.26. The van der Waals surface area contributed by atoms with Gasteiger partial charge in [-0.05, 0) is 24.6 Å². The fourth-order valence-corrected chi connectivity index (χ4v) is 1.26. The number of anilines is 1. The van der Waals surface area contributed by atoms with Gasteiger partial charge in [0.25, 0.3) is 0 Å². The maximum atomic E-state index is 11.1. The topological polar surface area (TPSA) is 78.3 Å². The first kappa shape index (κ1) is 9.83. The average Bonchev–Trinajstić information content (AvgIpc) is 2.10. The average molecular weight is 201 g/mol. The second-order valence-electron chi connectivity index (χ2n) is 2.59. The van der Waals surface area contributed by atoms with E-state index >= 15 is 0 Å². The predicted molar refractivity (Wildman–Crippen MR) is 50.2 cm³/mol. The third-order valence-electron chi connectivity index (χ3n) is 1.68. The normalized spacial score (nSPS) is 9.77. The third-order valence-corrected chi connectivity index (χ3v) is 1.90. The molecular weight excluding hydrogens is 192 g/mol. The molecule has 5 heteroatoms. The molecule has 1 rings (SSSR count). The largest absolute Gasteiger partial charge is 0.398 e. The number of hydrogen-bond acceptors (Lipinski definition) is 4. The SMILES string of the molecule is Cc1cc(Cl)cc(C(=O)ON)c1N. The van der Waals surface area contributed by atoms with Crippen molar-refractivity contribution in [2.75, 3.05) is 5.73 Å². The molecule has 0 aromatic heterocycles. The van der Waals surface area contributed by atoms with E-state index in [0.717, 1.165) is 0 Å². The van der Waals surface area contributed by atoms with Crippen LogP contribution in [0.1, 0.15) is 15.9 Å². The van der Waals surface area contributed by atoms with Crippen molar-refractivity contribution in [3.8, 4) is 0 Å². The van der Waals surface area contributed by atoms with Gasteiger partial charge in [-0.1, -0.05) is 11.6 Å². The Labute approximate surface area is 80.4 Å². The van der Waals surface area contributed by atoms with Gasteiger partial charge in [0, 0.05) is 10.7 Å². The van der Waals surface area contributed by atoms with Gasteiger partial charge >= 0.3 is 5.97 Å². The molecule has 0 radical (unpaired) electrons. The zero-order chi connectivity index (χ0) is 10.0. The minimum Gasteiger partial charge on any atom is -0.398 e. The van der Waals surface area contributed by atoms with Crippen LogP contribution >= 0.6 is 11.6 Å². The van der Waals surface area contributed by atoms with Crippen molar-refractivity contribution in [2.24, 2.45) is 5.90 Å². The number of halogens is 1. The van der Waals surface area contributed by atoms with Crippen LogP contribution in [0.25, 0.3) is 0 Å². The summed E-state index contributed by atoms with van der Waals surface area (Å²) < 4.78 is 0. The van der Waals surface area contributed by atoms with Gasteiger partial charge in [-0.15, -0.1) is 0 Å². The lowest BCUT2D eigenvalue weighted by molar-refractivity contribution is 0.0504. The highest BCUT2D eigenvalue weighted by Gasteiger charge is 2.12. The third kappa shape index (κ3) is 1.91. The number of rotatable bonds is 1. The molecule has 0 bridgehead atoms. The van der Waals surface area contributed by atoms with Crippen LogP contribution in [0.5, 0.6) is 0 Å². The molecule has 1 aromatic carbocycles. The van der Waals surface area contributed by atoms with Gasteiger partial charge in [0.15, 0.2) is 0 Å². The maximum Gasteiger partial charge on any atom is 0.358 e. The summed E-state index contributed by atoms with van der Waals surface area (Å²) >= 11 is 5.72. The smallest absolute Gasteiger partial charge is 0.358 e. The molecule has 0 fully saturated rings. The summed E-state index contributed by atoms with van der Waals surface area (Å²) in [6.07, 6.45) is 0. The highest BCUT2D eigenvalue weighted by atomic mass is 35.5. The van der Waals surface area contributed by atoms with E-state index in [1.807, 2.05) is 0 Å². The van der Waals surface area contributed by atoms with Gasteiger partial charge in [-0.2, -0.15) is 5.90 Å². The van der Waals surface area contributed by atoms with Crippen LogP contribution in [0, 0.1) is 6.92 Å². The summed E-state index contributed by atoms with van der Waals surface area (Å²) in [6, 6.07) is 3.07. The zero-order valence-electron chi connectivity index (χ0n) is 7.00. The summed E-state index contributed by atoms with van der Waals surface area (Å²) in [7, 11) is 0. The van der Waals surface area contributed by atoms with Gasteiger partial charge in [-0.25, -0.2) is 4.79 Å². The second kappa shape index (κ2) is 3.64. The first-order valence-corrected chi connectivity index (χ1v) is 3.90. The lowest BCUT2D eigenvalue weighted by atomic mass is 10.1. The van der Waals surface area contributed by atoms with E-state index in [0.29, 0.717) is 16.3 Å². The van der Waals surface area contributed by atoms with Crippen LogP contribution < -0.4 is 11.6 Å². The van der Waals surface area contributed by atoms with E-state index in [1.165, 1.54) is 6.07 Å². The van der Waals surface area contributed by atoms with Crippen molar-refractivity contribution in [3.05, 3.63) is 28.3 Å². The summed E-state index contributed by atoms with van der Waals surface area (Å²) in [5, 5.41) is 0.423. The molecule has 0 aliphatic carbocycles. The van der Waals surface area contributed by atoms with Gasteiger partial charge < -0.3 is 10.6 Å². The maximum absolute atomic E-state index is 11.1. The summed E-state index contributed by atoms with van der Waals surface area (Å²) in [6.45, 7) is 1.74. The Bertz CT molecular complexity index is 352. The first-order chi connectivity index (χ1) is 6.06. The van der Waals surface area contributed by atoms with Crippen molar-refractivity contribution in [1.82, 2.24) is 0 Å².